The first-order chi connectivity index (χ1) is 14.1. The molecule has 0 radical (unpaired) electrons. The van der Waals surface area contributed by atoms with Gasteiger partial charge < -0.3 is 4.57 Å². The van der Waals surface area contributed by atoms with Crippen molar-refractivity contribution in [3.63, 3.8) is 0 Å². The Bertz CT molecular complexity index is 1350. The van der Waals surface area contributed by atoms with Crippen LogP contribution in [0.5, 0.6) is 0 Å². The van der Waals surface area contributed by atoms with Crippen molar-refractivity contribution in [1.29, 1.82) is 0 Å². The molecule has 0 saturated carbocycles. The Kier molecular flexibility index (Phi) is 4.55. The molecule has 1 aromatic heterocycles. The number of hydrogen-bond donors (Lipinski definition) is 0. The first-order valence-electron chi connectivity index (χ1n) is 10.6. The summed E-state index contributed by atoms with van der Waals surface area (Å²) in [7, 11) is 0. The molecule has 0 unspecified atom stereocenters. The summed E-state index contributed by atoms with van der Waals surface area (Å²) in [5.74, 6) is 0. The molecule has 0 aliphatic heterocycles. The monoisotopic (exact) mass is 394 g/mol. The Hall–Kier alpha value is -3.05. The van der Waals surface area contributed by atoms with E-state index in [1.54, 1.807) is 0 Å². The van der Waals surface area contributed by atoms with Gasteiger partial charge in [0.1, 0.15) is 0 Å². The van der Waals surface area contributed by atoms with E-state index >= 15 is 0 Å². The highest BCUT2D eigenvalue weighted by atomic mass is 15.0. The first kappa shape index (κ1) is 20.2. The van der Waals surface area contributed by atoms with Crippen LogP contribution in [0, 0.1) is 68.9 Å². The van der Waals surface area contributed by atoms with E-state index in [0.717, 1.165) is 5.56 Å². The molecule has 4 aromatic rings. The van der Waals surface area contributed by atoms with Crippen LogP contribution in [0.15, 0.2) is 18.2 Å². The van der Waals surface area contributed by atoms with Crippen LogP contribution >= 0.6 is 0 Å². The number of nitrogens with zero attached hydrogens (tertiary/aromatic N) is 2. The maximum Gasteiger partial charge on any atom is 0.187 e. The summed E-state index contributed by atoms with van der Waals surface area (Å²) in [4.78, 5) is 3.63. The van der Waals surface area contributed by atoms with Crippen molar-refractivity contribution in [1.82, 2.24) is 4.57 Å². The average molecular weight is 395 g/mol. The van der Waals surface area contributed by atoms with Gasteiger partial charge in [-0.2, -0.15) is 0 Å². The van der Waals surface area contributed by atoms with Crippen molar-refractivity contribution in [3.8, 4) is 5.69 Å². The standard InChI is InChI=1S/C28H30N2/c1-14-13-23(29-10)11-12-24(14)30-27-21(8)17(4)15(2)19(6)25(27)26-20(7)16(3)18(5)22(9)28(26)30/h11-13H,1-9H3. The molecule has 2 heteroatoms. The zero-order chi connectivity index (χ0) is 22.1. The summed E-state index contributed by atoms with van der Waals surface area (Å²) in [5.41, 5.74) is 16.5. The molecule has 152 valence electrons. The van der Waals surface area contributed by atoms with E-state index in [4.69, 9.17) is 6.57 Å². The molecule has 0 aliphatic carbocycles. The average Bonchev–Trinajstić information content (AvgIpc) is 3.09. The maximum atomic E-state index is 7.39. The summed E-state index contributed by atoms with van der Waals surface area (Å²) in [5, 5.41) is 2.76. The smallest absolute Gasteiger partial charge is 0.187 e. The van der Waals surface area contributed by atoms with Gasteiger partial charge in [-0.3, -0.25) is 0 Å². The zero-order valence-electron chi connectivity index (χ0n) is 19.6. The van der Waals surface area contributed by atoms with E-state index in [0.29, 0.717) is 5.69 Å². The molecule has 0 aliphatic rings. The third-order valence-corrected chi connectivity index (χ3v) is 7.56. The Morgan fingerprint density at radius 3 is 1.43 bits per heavy atom. The van der Waals surface area contributed by atoms with Gasteiger partial charge in [0.25, 0.3) is 0 Å². The van der Waals surface area contributed by atoms with Crippen LogP contribution in [0.25, 0.3) is 32.3 Å². The zero-order valence-corrected chi connectivity index (χ0v) is 19.6. The third kappa shape index (κ3) is 2.48. The van der Waals surface area contributed by atoms with Gasteiger partial charge >= 0.3 is 0 Å². The minimum absolute atomic E-state index is 0.692. The van der Waals surface area contributed by atoms with Crippen LogP contribution in [-0.4, -0.2) is 4.57 Å². The number of aryl methyl sites for hydroxylation is 5. The molecule has 0 spiro atoms. The lowest BCUT2D eigenvalue weighted by Gasteiger charge is -2.17. The number of hydrogen-bond acceptors (Lipinski definition) is 0. The largest absolute Gasteiger partial charge is 0.309 e. The van der Waals surface area contributed by atoms with Crippen molar-refractivity contribution in [2.75, 3.05) is 0 Å². The van der Waals surface area contributed by atoms with Crippen molar-refractivity contribution in [3.05, 3.63) is 79.7 Å². The Morgan fingerprint density at radius 2 is 1.03 bits per heavy atom. The molecule has 0 amide bonds. The summed E-state index contributed by atoms with van der Waals surface area (Å²) in [6.07, 6.45) is 0. The molecule has 2 nitrogen and oxygen atoms in total. The van der Waals surface area contributed by atoms with Gasteiger partial charge in [-0.25, -0.2) is 4.85 Å². The van der Waals surface area contributed by atoms with E-state index in [2.05, 4.69) is 77.8 Å². The second kappa shape index (κ2) is 6.74. The minimum Gasteiger partial charge on any atom is -0.309 e. The fraction of sp³-hybridized carbons (Fsp3) is 0.321. The fourth-order valence-corrected chi connectivity index (χ4v) is 5.07. The summed E-state index contributed by atoms with van der Waals surface area (Å²) in [6, 6.07) is 6.07. The van der Waals surface area contributed by atoms with Crippen molar-refractivity contribution < 1.29 is 0 Å². The van der Waals surface area contributed by atoms with Gasteiger partial charge in [-0.05, 0) is 118 Å². The SMILES string of the molecule is [C-]#[N+]c1ccc(-n2c3c(C)c(C)c(C)c(C)c3c3c(C)c(C)c(C)c(C)c32)c(C)c1. The number of benzene rings is 3. The topological polar surface area (TPSA) is 9.29 Å². The fourth-order valence-electron chi connectivity index (χ4n) is 5.07. The highest BCUT2D eigenvalue weighted by Crippen LogP contribution is 2.43. The van der Waals surface area contributed by atoms with Crippen molar-refractivity contribution in [2.45, 2.75) is 62.3 Å². The first-order valence-corrected chi connectivity index (χ1v) is 10.6. The molecular weight excluding hydrogens is 364 g/mol. The van der Waals surface area contributed by atoms with E-state index < -0.39 is 0 Å². The second-order valence-electron chi connectivity index (χ2n) is 8.87. The van der Waals surface area contributed by atoms with Gasteiger partial charge in [0.15, 0.2) is 5.69 Å². The molecule has 0 saturated heterocycles. The van der Waals surface area contributed by atoms with Crippen LogP contribution in [0.1, 0.15) is 50.1 Å². The van der Waals surface area contributed by atoms with Crippen molar-refractivity contribution >= 4 is 27.5 Å². The molecule has 30 heavy (non-hydrogen) atoms. The maximum absolute atomic E-state index is 7.39. The van der Waals surface area contributed by atoms with Gasteiger partial charge in [0.2, 0.25) is 0 Å². The van der Waals surface area contributed by atoms with E-state index in [1.807, 2.05) is 12.1 Å². The van der Waals surface area contributed by atoms with Crippen molar-refractivity contribution in [2.24, 2.45) is 0 Å². The Balaban J connectivity index is 2.41. The molecule has 1 heterocycles. The number of aromatic nitrogens is 1. The Morgan fingerprint density at radius 1 is 0.600 bits per heavy atom. The lowest BCUT2D eigenvalue weighted by atomic mass is 9.90. The lowest BCUT2D eigenvalue weighted by molar-refractivity contribution is 1.11. The van der Waals surface area contributed by atoms with Gasteiger partial charge in [0, 0.05) is 16.5 Å². The molecule has 0 fully saturated rings. The van der Waals surface area contributed by atoms with Gasteiger partial charge in [-0.1, -0.05) is 12.1 Å². The van der Waals surface area contributed by atoms with Crippen LogP contribution in [0.4, 0.5) is 5.69 Å². The highest BCUT2D eigenvalue weighted by molar-refractivity contribution is 6.15. The summed E-state index contributed by atoms with van der Waals surface area (Å²) >= 11 is 0. The summed E-state index contributed by atoms with van der Waals surface area (Å²) < 4.78 is 2.47. The second-order valence-corrected chi connectivity index (χ2v) is 8.87. The third-order valence-electron chi connectivity index (χ3n) is 7.56. The molecular formula is C28H30N2. The lowest BCUT2D eigenvalue weighted by Crippen LogP contribution is -2.02. The highest BCUT2D eigenvalue weighted by Gasteiger charge is 2.24. The van der Waals surface area contributed by atoms with E-state index in [-0.39, 0.29) is 0 Å². The van der Waals surface area contributed by atoms with Gasteiger partial charge in [0.05, 0.1) is 17.6 Å². The molecule has 0 bridgehead atoms. The summed E-state index contributed by atoms with van der Waals surface area (Å²) in [6.45, 7) is 27.5. The predicted molar refractivity (Wildman–Crippen MR) is 130 cm³/mol. The van der Waals surface area contributed by atoms with Crippen LogP contribution in [0.2, 0.25) is 0 Å². The van der Waals surface area contributed by atoms with E-state index in [1.165, 1.54) is 72.0 Å². The number of rotatable bonds is 1. The molecule has 4 rings (SSSR count). The predicted octanol–water partition coefficient (Wildman–Crippen LogP) is 8.11. The quantitative estimate of drug-likeness (QED) is 0.288. The minimum atomic E-state index is 0.692. The van der Waals surface area contributed by atoms with Crippen LogP contribution < -0.4 is 0 Å². The van der Waals surface area contributed by atoms with E-state index in [9.17, 15) is 0 Å². The Labute approximate surface area is 180 Å². The molecule has 0 N–H and O–H groups in total. The normalized spacial score (nSPS) is 11.5. The van der Waals surface area contributed by atoms with Gasteiger partial charge in [-0.15, -0.1) is 0 Å². The number of fused-ring (bicyclic) bond motifs is 3. The van der Waals surface area contributed by atoms with Crippen LogP contribution in [0.3, 0.4) is 0 Å². The molecule has 3 aromatic carbocycles. The van der Waals surface area contributed by atoms with Crippen LogP contribution in [-0.2, 0) is 0 Å². The molecule has 0 atom stereocenters.